The summed E-state index contributed by atoms with van der Waals surface area (Å²) in [5.41, 5.74) is 14.3. The number of hydrogen-bond donors (Lipinski definition) is 2. The molecule has 6 aromatic rings. The maximum Gasteiger partial charge on any atom is 0.137 e. The summed E-state index contributed by atoms with van der Waals surface area (Å²) in [5, 5.41) is 8.32. The molecule has 0 saturated heterocycles. The molecule has 3 aromatic heterocycles. The molecule has 0 fully saturated rings. The summed E-state index contributed by atoms with van der Waals surface area (Å²) >= 11 is 0. The van der Waals surface area contributed by atoms with Crippen molar-refractivity contribution in [3.8, 4) is 0 Å². The zero-order chi connectivity index (χ0) is 23.9. The van der Waals surface area contributed by atoms with E-state index in [1.54, 1.807) is 6.20 Å². The van der Waals surface area contributed by atoms with Crippen molar-refractivity contribution >= 4 is 38.7 Å². The number of aryl methyl sites for hydroxylation is 2. The Morgan fingerprint density at radius 1 is 0.886 bits per heavy atom. The molecule has 0 radical (unpaired) electrons. The molecule has 5 nitrogen and oxygen atoms in total. The quantitative estimate of drug-likeness (QED) is 0.313. The van der Waals surface area contributed by atoms with E-state index in [-0.39, 0.29) is 0 Å². The molecule has 6 rings (SSSR count). The number of pyridine rings is 2. The van der Waals surface area contributed by atoms with E-state index in [9.17, 15) is 0 Å². The third-order valence-electron chi connectivity index (χ3n) is 6.97. The van der Waals surface area contributed by atoms with Crippen molar-refractivity contribution in [1.82, 2.24) is 14.4 Å². The summed E-state index contributed by atoms with van der Waals surface area (Å²) < 4.78 is 2.18. The highest BCUT2D eigenvalue weighted by molar-refractivity contribution is 5.94. The first-order chi connectivity index (χ1) is 17.1. The van der Waals surface area contributed by atoms with Crippen LogP contribution in [0.3, 0.4) is 0 Å². The van der Waals surface area contributed by atoms with Crippen molar-refractivity contribution in [2.24, 2.45) is 0 Å². The highest BCUT2D eigenvalue weighted by atomic mass is 15.0. The van der Waals surface area contributed by atoms with Crippen molar-refractivity contribution < 1.29 is 0 Å². The van der Waals surface area contributed by atoms with Crippen molar-refractivity contribution in [3.05, 3.63) is 113 Å². The minimum Gasteiger partial charge on any atom is -0.383 e. The van der Waals surface area contributed by atoms with Gasteiger partial charge in [0.15, 0.2) is 0 Å². The summed E-state index contributed by atoms with van der Waals surface area (Å²) in [5.74, 6) is 0.581. The molecule has 0 bridgehead atoms. The summed E-state index contributed by atoms with van der Waals surface area (Å²) in [6.45, 7) is 5.03. The zero-order valence-corrected chi connectivity index (χ0v) is 19.9. The Morgan fingerprint density at radius 3 is 2.63 bits per heavy atom. The summed E-state index contributed by atoms with van der Waals surface area (Å²) in [6.07, 6.45) is 6.73. The van der Waals surface area contributed by atoms with Crippen molar-refractivity contribution in [2.75, 3.05) is 11.1 Å². The van der Waals surface area contributed by atoms with Crippen molar-refractivity contribution in [3.63, 3.8) is 0 Å². The van der Waals surface area contributed by atoms with Gasteiger partial charge in [0.2, 0.25) is 0 Å². The van der Waals surface area contributed by atoms with E-state index < -0.39 is 0 Å². The maximum absolute atomic E-state index is 6.11. The van der Waals surface area contributed by atoms with Gasteiger partial charge >= 0.3 is 0 Å². The number of rotatable bonds is 5. The largest absolute Gasteiger partial charge is 0.383 e. The molecule has 0 atom stereocenters. The van der Waals surface area contributed by atoms with Crippen molar-refractivity contribution in [2.45, 2.75) is 26.8 Å². The zero-order valence-electron chi connectivity index (χ0n) is 19.9. The lowest BCUT2D eigenvalue weighted by Gasteiger charge is -2.16. The number of anilines is 2. The van der Waals surface area contributed by atoms with Gasteiger partial charge in [0.1, 0.15) is 11.5 Å². The molecule has 0 aliphatic carbocycles. The molecule has 3 heterocycles. The molecule has 172 valence electrons. The average molecular weight is 458 g/mol. The Bertz CT molecular complexity index is 1710. The van der Waals surface area contributed by atoms with Crippen LogP contribution in [-0.4, -0.2) is 14.4 Å². The van der Waals surface area contributed by atoms with Crippen LogP contribution < -0.4 is 11.1 Å². The maximum atomic E-state index is 6.11. The Hall–Kier alpha value is -4.38. The lowest BCUT2D eigenvalue weighted by atomic mass is 9.96. The van der Waals surface area contributed by atoms with Gasteiger partial charge in [-0.3, -0.25) is 0 Å². The number of nitrogens with one attached hydrogen (secondary N) is 1. The molecule has 0 unspecified atom stereocenters. The van der Waals surface area contributed by atoms with Crippen LogP contribution in [0.2, 0.25) is 0 Å². The molecule has 3 N–H and O–H groups in total. The predicted octanol–water partition coefficient (Wildman–Crippen LogP) is 6.44. The molecule has 0 saturated carbocycles. The molecular weight excluding hydrogens is 430 g/mol. The summed E-state index contributed by atoms with van der Waals surface area (Å²) in [6, 6.07) is 23.5. The van der Waals surface area contributed by atoms with Gasteiger partial charge in [-0.05, 0) is 76.5 Å². The first-order valence-electron chi connectivity index (χ1n) is 11.9. The fraction of sp³-hybridized carbons (Fsp3) is 0.133. The minimum absolute atomic E-state index is 0.581. The van der Waals surface area contributed by atoms with Crippen LogP contribution >= 0.6 is 0 Å². The normalized spacial score (nSPS) is 11.5. The summed E-state index contributed by atoms with van der Waals surface area (Å²) in [7, 11) is 0. The first-order valence-corrected chi connectivity index (χ1v) is 11.9. The third kappa shape index (κ3) is 3.85. The van der Waals surface area contributed by atoms with E-state index >= 15 is 0 Å². The smallest absolute Gasteiger partial charge is 0.137 e. The van der Waals surface area contributed by atoms with E-state index in [2.05, 4.69) is 100 Å². The third-order valence-corrected chi connectivity index (χ3v) is 6.97. The van der Waals surface area contributed by atoms with Gasteiger partial charge in [-0.1, -0.05) is 42.5 Å². The second-order valence-electron chi connectivity index (χ2n) is 9.20. The molecule has 0 aliphatic rings. The molecule has 5 heteroatoms. The second kappa shape index (κ2) is 8.44. The monoisotopic (exact) mass is 457 g/mol. The van der Waals surface area contributed by atoms with Gasteiger partial charge in [0, 0.05) is 42.6 Å². The molecule has 0 amide bonds. The Kier molecular flexibility index (Phi) is 5.10. The fourth-order valence-corrected chi connectivity index (χ4v) is 5.02. The molecule has 0 spiro atoms. The second-order valence-corrected chi connectivity index (χ2v) is 9.20. The van der Waals surface area contributed by atoms with Crippen LogP contribution in [0.15, 0.2) is 85.3 Å². The SMILES string of the molecule is Cc1cc2c(N)nccc2c(C)c1CNc1ccc2ncc(Cc3ccc4ccccc4c3)n2c1. The van der Waals surface area contributed by atoms with E-state index in [4.69, 9.17) is 5.73 Å². The number of hydrogen-bond acceptors (Lipinski definition) is 4. The highest BCUT2D eigenvalue weighted by Crippen LogP contribution is 2.28. The molecule has 0 aliphatic heterocycles. The lowest BCUT2D eigenvalue weighted by molar-refractivity contribution is 1.02. The number of benzene rings is 3. The van der Waals surface area contributed by atoms with E-state index in [0.717, 1.165) is 35.1 Å². The van der Waals surface area contributed by atoms with Crippen LogP contribution in [0.1, 0.15) is 27.9 Å². The predicted molar refractivity (Wildman–Crippen MR) is 145 cm³/mol. The first kappa shape index (κ1) is 21.2. The summed E-state index contributed by atoms with van der Waals surface area (Å²) in [4.78, 5) is 8.87. The van der Waals surface area contributed by atoms with Crippen LogP contribution in [0.5, 0.6) is 0 Å². The van der Waals surface area contributed by atoms with E-state index in [1.165, 1.54) is 38.7 Å². The molecule has 3 aromatic carbocycles. The fourth-order valence-electron chi connectivity index (χ4n) is 5.02. The Labute approximate surface area is 204 Å². The molecular formula is C30H27N5. The number of nitrogens with zero attached hydrogens (tertiary/aromatic N) is 3. The Balaban J connectivity index is 1.28. The van der Waals surface area contributed by atoms with Crippen molar-refractivity contribution in [1.29, 1.82) is 0 Å². The topological polar surface area (TPSA) is 68.2 Å². The van der Waals surface area contributed by atoms with Gasteiger partial charge in [-0.25, -0.2) is 9.97 Å². The standard InChI is InChI=1S/C30H27N5/c1-19-13-27-26(11-12-32-30(27)31)20(2)28(19)17-33-24-9-10-29-34-16-25(35(29)18-24)15-21-7-8-22-5-3-4-6-23(22)14-21/h3-14,16,18,33H,15,17H2,1-2H3,(H2,31,32). The number of fused-ring (bicyclic) bond motifs is 3. The van der Waals surface area contributed by atoms with Crippen LogP contribution in [-0.2, 0) is 13.0 Å². The van der Waals surface area contributed by atoms with Gasteiger partial charge in [0.25, 0.3) is 0 Å². The van der Waals surface area contributed by atoms with E-state index in [1.807, 2.05) is 12.3 Å². The van der Waals surface area contributed by atoms with Crippen LogP contribution in [0.25, 0.3) is 27.2 Å². The minimum atomic E-state index is 0.581. The number of aromatic nitrogens is 3. The van der Waals surface area contributed by atoms with Gasteiger partial charge in [-0.15, -0.1) is 0 Å². The average Bonchev–Trinajstić information content (AvgIpc) is 3.26. The van der Waals surface area contributed by atoms with E-state index in [0.29, 0.717) is 5.82 Å². The highest BCUT2D eigenvalue weighted by Gasteiger charge is 2.11. The van der Waals surface area contributed by atoms with Crippen LogP contribution in [0.4, 0.5) is 11.5 Å². The molecule has 35 heavy (non-hydrogen) atoms. The van der Waals surface area contributed by atoms with Gasteiger partial charge in [0.05, 0.1) is 5.69 Å². The lowest BCUT2D eigenvalue weighted by Crippen LogP contribution is -2.06. The number of nitrogens with two attached hydrogens (primary N) is 1. The number of imidazole rings is 1. The Morgan fingerprint density at radius 2 is 1.74 bits per heavy atom. The van der Waals surface area contributed by atoms with Gasteiger partial charge < -0.3 is 15.5 Å². The van der Waals surface area contributed by atoms with Gasteiger partial charge in [-0.2, -0.15) is 0 Å². The number of nitrogen functional groups attached to an aromatic ring is 1. The van der Waals surface area contributed by atoms with Crippen LogP contribution in [0, 0.1) is 13.8 Å².